The first kappa shape index (κ1) is 19.9. The fourth-order valence-corrected chi connectivity index (χ4v) is 6.05. The third kappa shape index (κ3) is 3.84. The quantitative estimate of drug-likeness (QED) is 0.606. The van der Waals surface area contributed by atoms with Gasteiger partial charge in [0.05, 0.1) is 31.0 Å². The normalized spacial score (nSPS) is 24.4. The summed E-state index contributed by atoms with van der Waals surface area (Å²) in [4.78, 5) is 5.57. The van der Waals surface area contributed by atoms with E-state index in [1.807, 2.05) is 33.0 Å². The SMILES string of the molecule is CCc1cc2c(s1)CCO[C@@]21CCN(Cc2cn(CCn3cccn3)nn2)[C@@H](C)C1. The van der Waals surface area contributed by atoms with Gasteiger partial charge in [0.25, 0.3) is 0 Å². The second-order valence-electron chi connectivity index (χ2n) is 8.51. The molecule has 160 valence electrons. The highest BCUT2D eigenvalue weighted by Gasteiger charge is 2.44. The predicted octanol–water partition coefficient (Wildman–Crippen LogP) is 3.25. The number of piperidine rings is 1. The minimum absolute atomic E-state index is 0.0885. The molecule has 1 saturated heterocycles. The van der Waals surface area contributed by atoms with E-state index in [4.69, 9.17) is 4.74 Å². The van der Waals surface area contributed by atoms with Crippen LogP contribution in [0.3, 0.4) is 0 Å². The van der Waals surface area contributed by atoms with E-state index < -0.39 is 0 Å². The third-order valence-electron chi connectivity index (χ3n) is 6.53. The fraction of sp³-hybridized carbons (Fsp3) is 0.591. The molecule has 2 atom stereocenters. The maximum absolute atomic E-state index is 6.47. The Morgan fingerprint density at radius 1 is 1.30 bits per heavy atom. The maximum Gasteiger partial charge on any atom is 0.0969 e. The molecule has 8 heteroatoms. The molecule has 0 unspecified atom stereocenters. The minimum Gasteiger partial charge on any atom is -0.370 e. The number of aryl methyl sites for hydroxylation is 3. The van der Waals surface area contributed by atoms with Crippen molar-refractivity contribution in [3.8, 4) is 0 Å². The Hall–Kier alpha value is -2.03. The van der Waals surface area contributed by atoms with Gasteiger partial charge in [-0.2, -0.15) is 5.10 Å². The largest absolute Gasteiger partial charge is 0.370 e. The van der Waals surface area contributed by atoms with Gasteiger partial charge in [0, 0.05) is 53.9 Å². The first-order valence-electron chi connectivity index (χ1n) is 11.0. The second-order valence-corrected chi connectivity index (χ2v) is 9.73. The van der Waals surface area contributed by atoms with Gasteiger partial charge in [-0.1, -0.05) is 12.1 Å². The fourth-order valence-electron chi connectivity index (χ4n) is 4.88. The van der Waals surface area contributed by atoms with Crippen LogP contribution in [0, 0.1) is 0 Å². The lowest BCUT2D eigenvalue weighted by molar-refractivity contribution is -0.112. The van der Waals surface area contributed by atoms with Gasteiger partial charge in [0.2, 0.25) is 0 Å². The molecular weight excluding hydrogens is 396 g/mol. The summed E-state index contributed by atoms with van der Waals surface area (Å²) < 4.78 is 10.3. The van der Waals surface area contributed by atoms with Crippen molar-refractivity contribution >= 4 is 11.3 Å². The monoisotopic (exact) mass is 426 g/mol. The Labute approximate surface area is 181 Å². The summed E-state index contributed by atoms with van der Waals surface area (Å²) in [5, 5.41) is 13.0. The van der Waals surface area contributed by atoms with Crippen LogP contribution in [0.15, 0.2) is 30.7 Å². The summed E-state index contributed by atoms with van der Waals surface area (Å²) in [5.41, 5.74) is 2.42. The molecule has 3 aromatic heterocycles. The number of likely N-dealkylation sites (tertiary alicyclic amines) is 1. The van der Waals surface area contributed by atoms with Crippen LogP contribution in [-0.4, -0.2) is 48.9 Å². The van der Waals surface area contributed by atoms with E-state index in [0.29, 0.717) is 6.04 Å². The topological polar surface area (TPSA) is 61.0 Å². The number of aromatic nitrogens is 5. The Kier molecular flexibility index (Phi) is 5.47. The minimum atomic E-state index is -0.0885. The van der Waals surface area contributed by atoms with Crippen molar-refractivity contribution in [1.82, 2.24) is 29.7 Å². The van der Waals surface area contributed by atoms with Crippen LogP contribution in [0.2, 0.25) is 0 Å². The molecule has 7 nitrogen and oxygen atoms in total. The summed E-state index contributed by atoms with van der Waals surface area (Å²) >= 11 is 1.99. The zero-order chi connectivity index (χ0) is 20.6. The van der Waals surface area contributed by atoms with E-state index in [0.717, 1.165) is 64.2 Å². The van der Waals surface area contributed by atoms with E-state index in [1.54, 1.807) is 11.1 Å². The number of hydrogen-bond donors (Lipinski definition) is 0. The predicted molar refractivity (Wildman–Crippen MR) is 116 cm³/mol. The van der Waals surface area contributed by atoms with Gasteiger partial charge in [-0.15, -0.1) is 16.4 Å². The van der Waals surface area contributed by atoms with E-state index in [-0.39, 0.29) is 5.60 Å². The zero-order valence-electron chi connectivity index (χ0n) is 17.8. The molecule has 0 bridgehead atoms. The first-order valence-corrected chi connectivity index (χ1v) is 11.8. The van der Waals surface area contributed by atoms with Gasteiger partial charge in [0.15, 0.2) is 0 Å². The first-order chi connectivity index (χ1) is 14.6. The molecular formula is C22H30N6OS. The van der Waals surface area contributed by atoms with Crippen LogP contribution < -0.4 is 0 Å². The summed E-state index contributed by atoms with van der Waals surface area (Å²) in [7, 11) is 0. The molecule has 0 saturated carbocycles. The second kappa shape index (κ2) is 8.24. The lowest BCUT2D eigenvalue weighted by Gasteiger charge is -2.47. The molecule has 1 fully saturated rings. The highest BCUT2D eigenvalue weighted by Crippen LogP contribution is 2.46. The van der Waals surface area contributed by atoms with Gasteiger partial charge < -0.3 is 4.74 Å². The molecule has 5 heterocycles. The summed E-state index contributed by atoms with van der Waals surface area (Å²) in [6.07, 6.45) is 10.1. The molecule has 30 heavy (non-hydrogen) atoms. The number of thiophene rings is 1. The van der Waals surface area contributed by atoms with Crippen molar-refractivity contribution in [2.24, 2.45) is 0 Å². The lowest BCUT2D eigenvalue weighted by Crippen LogP contribution is -2.50. The molecule has 3 aromatic rings. The molecule has 5 rings (SSSR count). The summed E-state index contributed by atoms with van der Waals surface area (Å²) in [5.74, 6) is 0. The number of hydrogen-bond acceptors (Lipinski definition) is 6. The van der Waals surface area contributed by atoms with Crippen molar-refractivity contribution < 1.29 is 4.74 Å². The molecule has 0 N–H and O–H groups in total. The maximum atomic E-state index is 6.47. The zero-order valence-corrected chi connectivity index (χ0v) is 18.6. The van der Waals surface area contributed by atoms with Crippen molar-refractivity contribution in [2.45, 2.75) is 70.8 Å². The standard InChI is InChI=1S/C22H30N6OS/c1-3-19-13-20-21(30-19)5-12-29-22(20)6-9-26(17(2)14-22)15-18-16-28(25-24-18)11-10-27-8-4-7-23-27/h4,7-8,13,16-17H,3,5-6,9-12,14-15H2,1-2H3/t17-,22+/m0/s1. The number of rotatable bonds is 6. The molecule has 1 spiro atoms. The van der Waals surface area contributed by atoms with Crippen LogP contribution >= 0.6 is 11.3 Å². The highest BCUT2D eigenvalue weighted by atomic mass is 32.1. The molecule has 0 aliphatic carbocycles. The molecule has 0 aromatic carbocycles. The Morgan fingerprint density at radius 3 is 3.00 bits per heavy atom. The lowest BCUT2D eigenvalue weighted by atomic mass is 9.79. The Balaban J connectivity index is 1.23. The number of nitrogens with zero attached hydrogens (tertiary/aromatic N) is 6. The number of ether oxygens (including phenoxy) is 1. The van der Waals surface area contributed by atoms with Crippen LogP contribution in [0.1, 0.15) is 47.7 Å². The highest BCUT2D eigenvalue weighted by molar-refractivity contribution is 7.12. The van der Waals surface area contributed by atoms with Crippen LogP contribution in [-0.2, 0) is 42.8 Å². The van der Waals surface area contributed by atoms with Gasteiger partial charge in [-0.3, -0.25) is 14.3 Å². The third-order valence-corrected chi connectivity index (χ3v) is 7.87. The van der Waals surface area contributed by atoms with Crippen LogP contribution in [0.25, 0.3) is 0 Å². The van der Waals surface area contributed by atoms with Gasteiger partial charge in [-0.25, -0.2) is 0 Å². The van der Waals surface area contributed by atoms with Gasteiger partial charge in [0.1, 0.15) is 0 Å². The van der Waals surface area contributed by atoms with Crippen molar-refractivity contribution in [3.63, 3.8) is 0 Å². The van der Waals surface area contributed by atoms with Gasteiger partial charge >= 0.3 is 0 Å². The average molecular weight is 427 g/mol. The average Bonchev–Trinajstić information content (AvgIpc) is 3.50. The van der Waals surface area contributed by atoms with Gasteiger partial charge in [-0.05, 0) is 43.9 Å². The summed E-state index contributed by atoms with van der Waals surface area (Å²) in [6, 6.07) is 4.81. The smallest absolute Gasteiger partial charge is 0.0969 e. The van der Waals surface area contributed by atoms with Crippen molar-refractivity contribution in [1.29, 1.82) is 0 Å². The van der Waals surface area contributed by atoms with Crippen LogP contribution in [0.4, 0.5) is 0 Å². The number of fused-ring (bicyclic) bond motifs is 2. The molecule has 0 amide bonds. The molecule has 0 radical (unpaired) electrons. The Morgan fingerprint density at radius 2 is 2.20 bits per heavy atom. The van der Waals surface area contributed by atoms with E-state index in [2.05, 4.69) is 46.4 Å². The molecule has 2 aliphatic heterocycles. The molecule has 2 aliphatic rings. The Bertz CT molecular complexity index is 980. The van der Waals surface area contributed by atoms with Crippen molar-refractivity contribution in [3.05, 3.63) is 51.7 Å². The van der Waals surface area contributed by atoms with Crippen LogP contribution in [0.5, 0.6) is 0 Å². The van der Waals surface area contributed by atoms with E-state index >= 15 is 0 Å². The van der Waals surface area contributed by atoms with E-state index in [1.165, 1.54) is 10.4 Å². The van der Waals surface area contributed by atoms with Crippen molar-refractivity contribution in [2.75, 3.05) is 13.2 Å². The van der Waals surface area contributed by atoms with E-state index in [9.17, 15) is 0 Å². The summed E-state index contributed by atoms with van der Waals surface area (Å²) in [6.45, 7) is 8.88.